The van der Waals surface area contributed by atoms with E-state index in [1.807, 2.05) is 19.1 Å². The molecule has 2 aromatic rings. The van der Waals surface area contributed by atoms with Crippen molar-refractivity contribution in [1.82, 2.24) is 10.1 Å². The molecule has 1 aromatic carbocycles. The van der Waals surface area contributed by atoms with E-state index >= 15 is 0 Å². The number of aromatic nitrogens is 2. The molecule has 3 N–H and O–H groups in total. The van der Waals surface area contributed by atoms with Gasteiger partial charge < -0.3 is 15.6 Å². The predicted molar refractivity (Wildman–Crippen MR) is 87.8 cm³/mol. The highest BCUT2D eigenvalue weighted by molar-refractivity contribution is 5.98. The van der Waals surface area contributed by atoms with Gasteiger partial charge in [-0.25, -0.2) is 0 Å². The molecule has 6 nitrogen and oxygen atoms in total. The summed E-state index contributed by atoms with van der Waals surface area (Å²) in [5.41, 5.74) is 6.57. The zero-order valence-electron chi connectivity index (χ0n) is 12.9. The lowest BCUT2D eigenvalue weighted by Crippen LogP contribution is -2.48. The van der Waals surface area contributed by atoms with Crippen molar-refractivity contribution in [3.8, 4) is 11.4 Å². The van der Waals surface area contributed by atoms with Gasteiger partial charge in [-0.2, -0.15) is 4.98 Å². The minimum absolute atomic E-state index is 0. The number of benzene rings is 1. The van der Waals surface area contributed by atoms with E-state index < -0.39 is 5.54 Å². The lowest BCUT2D eigenvalue weighted by atomic mass is 9.96. The maximum Gasteiger partial charge on any atom is 0.244 e. The Bertz CT molecular complexity index is 640. The van der Waals surface area contributed by atoms with E-state index in [0.717, 1.165) is 12.0 Å². The Morgan fingerprint density at radius 1 is 1.45 bits per heavy atom. The molecule has 2 rings (SSSR count). The second-order valence-corrected chi connectivity index (χ2v) is 5.34. The lowest BCUT2D eigenvalue weighted by molar-refractivity contribution is -0.120. The highest BCUT2D eigenvalue weighted by atomic mass is 35.5. The molecule has 1 heterocycles. The second kappa shape index (κ2) is 7.38. The summed E-state index contributed by atoms with van der Waals surface area (Å²) in [6.07, 6.45) is 1.48. The van der Waals surface area contributed by atoms with Crippen LogP contribution in [0.1, 0.15) is 32.6 Å². The molecule has 0 aliphatic carbocycles. The maximum absolute atomic E-state index is 12.2. The third kappa shape index (κ3) is 4.29. The van der Waals surface area contributed by atoms with Crippen molar-refractivity contribution in [3.63, 3.8) is 0 Å². The molecule has 0 fully saturated rings. The fourth-order valence-electron chi connectivity index (χ4n) is 2.06. The number of hydrogen-bond acceptors (Lipinski definition) is 5. The molecule has 0 saturated heterocycles. The second-order valence-electron chi connectivity index (χ2n) is 5.34. The van der Waals surface area contributed by atoms with Crippen LogP contribution in [0, 0.1) is 6.92 Å². The molecule has 1 atom stereocenters. The highest BCUT2D eigenvalue weighted by Crippen LogP contribution is 2.21. The molecule has 22 heavy (non-hydrogen) atoms. The van der Waals surface area contributed by atoms with Crippen LogP contribution >= 0.6 is 12.4 Å². The number of hydrogen-bond donors (Lipinski definition) is 2. The standard InChI is InChI=1S/C15H20N4O2.ClH/c1-4-8-15(3,16)14(20)18-12-7-5-6-11(9-12)13-17-10(2)21-19-13;/h5-7,9H,4,8,16H2,1-3H3,(H,18,20);1H. The molecule has 1 unspecified atom stereocenters. The molecule has 0 bridgehead atoms. The molecular weight excluding hydrogens is 304 g/mol. The molecule has 0 radical (unpaired) electrons. The zero-order valence-corrected chi connectivity index (χ0v) is 13.7. The van der Waals surface area contributed by atoms with Crippen molar-refractivity contribution >= 4 is 24.0 Å². The molecule has 0 aliphatic rings. The average Bonchev–Trinajstić information content (AvgIpc) is 2.86. The molecule has 120 valence electrons. The zero-order chi connectivity index (χ0) is 15.5. The van der Waals surface area contributed by atoms with Gasteiger partial charge in [0.05, 0.1) is 5.54 Å². The molecule has 1 aromatic heterocycles. The molecule has 0 aliphatic heterocycles. The number of aryl methyl sites for hydroxylation is 1. The summed E-state index contributed by atoms with van der Waals surface area (Å²) >= 11 is 0. The Kier molecular flexibility index (Phi) is 6.08. The summed E-state index contributed by atoms with van der Waals surface area (Å²) in [5.74, 6) is 0.787. The van der Waals surface area contributed by atoms with Gasteiger partial charge in [0.25, 0.3) is 0 Å². The van der Waals surface area contributed by atoms with E-state index in [4.69, 9.17) is 10.3 Å². The number of nitrogens with one attached hydrogen (secondary N) is 1. The van der Waals surface area contributed by atoms with E-state index in [2.05, 4.69) is 15.5 Å². The van der Waals surface area contributed by atoms with Gasteiger partial charge in [0.15, 0.2) is 0 Å². The lowest BCUT2D eigenvalue weighted by Gasteiger charge is -2.22. The first-order chi connectivity index (χ1) is 9.92. The van der Waals surface area contributed by atoms with E-state index in [-0.39, 0.29) is 18.3 Å². The van der Waals surface area contributed by atoms with Crippen molar-refractivity contribution in [2.45, 2.75) is 39.2 Å². The van der Waals surface area contributed by atoms with Crippen molar-refractivity contribution < 1.29 is 9.32 Å². The van der Waals surface area contributed by atoms with Crippen LogP contribution in [0.5, 0.6) is 0 Å². The minimum atomic E-state index is -0.881. The topological polar surface area (TPSA) is 94.0 Å². The van der Waals surface area contributed by atoms with Crippen LogP contribution in [0.2, 0.25) is 0 Å². The highest BCUT2D eigenvalue weighted by Gasteiger charge is 2.27. The summed E-state index contributed by atoms with van der Waals surface area (Å²) in [4.78, 5) is 16.4. The minimum Gasteiger partial charge on any atom is -0.339 e. The quantitative estimate of drug-likeness (QED) is 0.881. The van der Waals surface area contributed by atoms with Crippen LogP contribution in [-0.4, -0.2) is 21.6 Å². The predicted octanol–water partition coefficient (Wildman–Crippen LogP) is 2.92. The number of amides is 1. The van der Waals surface area contributed by atoms with Gasteiger partial charge in [0.1, 0.15) is 0 Å². The summed E-state index contributed by atoms with van der Waals surface area (Å²) in [6.45, 7) is 5.46. The van der Waals surface area contributed by atoms with Crippen LogP contribution in [0.3, 0.4) is 0 Å². The van der Waals surface area contributed by atoms with Gasteiger partial charge in [-0.3, -0.25) is 4.79 Å². The Balaban J connectivity index is 0.00000242. The normalized spacial score (nSPS) is 13.1. The number of rotatable bonds is 5. The fourth-order valence-corrected chi connectivity index (χ4v) is 2.06. The average molecular weight is 325 g/mol. The van der Waals surface area contributed by atoms with Gasteiger partial charge in [0, 0.05) is 18.2 Å². The monoisotopic (exact) mass is 324 g/mol. The smallest absolute Gasteiger partial charge is 0.244 e. The van der Waals surface area contributed by atoms with Crippen molar-refractivity contribution in [2.75, 3.05) is 5.32 Å². The molecule has 0 spiro atoms. The van der Waals surface area contributed by atoms with Crippen LogP contribution in [-0.2, 0) is 4.79 Å². The van der Waals surface area contributed by atoms with Gasteiger partial charge in [-0.15, -0.1) is 12.4 Å². The van der Waals surface area contributed by atoms with Crippen molar-refractivity contribution in [2.24, 2.45) is 5.73 Å². The Morgan fingerprint density at radius 3 is 2.77 bits per heavy atom. The summed E-state index contributed by atoms with van der Waals surface area (Å²) < 4.78 is 4.96. The maximum atomic E-state index is 12.2. The number of nitrogens with zero attached hydrogens (tertiary/aromatic N) is 2. The number of halogens is 1. The molecular formula is C15H21ClN4O2. The summed E-state index contributed by atoms with van der Waals surface area (Å²) in [7, 11) is 0. The fraction of sp³-hybridized carbons (Fsp3) is 0.400. The van der Waals surface area contributed by atoms with E-state index in [9.17, 15) is 4.79 Å². The first-order valence-corrected chi connectivity index (χ1v) is 6.93. The number of carbonyl (C=O) groups excluding carboxylic acids is 1. The van der Waals surface area contributed by atoms with E-state index in [1.165, 1.54) is 0 Å². The Morgan fingerprint density at radius 2 is 2.18 bits per heavy atom. The molecule has 0 saturated carbocycles. The number of carbonyl (C=O) groups is 1. The van der Waals surface area contributed by atoms with Gasteiger partial charge >= 0.3 is 0 Å². The molecule has 7 heteroatoms. The van der Waals surface area contributed by atoms with Crippen molar-refractivity contribution in [1.29, 1.82) is 0 Å². The number of nitrogens with two attached hydrogens (primary N) is 1. The SMILES string of the molecule is CCCC(C)(N)C(=O)Nc1cccc(-c2noc(C)n2)c1.Cl. The van der Waals surface area contributed by atoms with E-state index in [1.54, 1.807) is 26.0 Å². The van der Waals surface area contributed by atoms with Crippen LogP contribution < -0.4 is 11.1 Å². The van der Waals surface area contributed by atoms with Gasteiger partial charge in [-0.1, -0.05) is 30.6 Å². The summed E-state index contributed by atoms with van der Waals surface area (Å²) in [5, 5.41) is 6.69. The third-order valence-corrected chi connectivity index (χ3v) is 3.19. The van der Waals surface area contributed by atoms with Crippen LogP contribution in [0.15, 0.2) is 28.8 Å². The Labute approximate surface area is 135 Å². The molecule has 1 amide bonds. The van der Waals surface area contributed by atoms with Gasteiger partial charge in [-0.05, 0) is 25.5 Å². The Hall–Kier alpha value is -1.92. The number of anilines is 1. The van der Waals surface area contributed by atoms with Crippen LogP contribution in [0.4, 0.5) is 5.69 Å². The van der Waals surface area contributed by atoms with Gasteiger partial charge in [0.2, 0.25) is 17.6 Å². The third-order valence-electron chi connectivity index (χ3n) is 3.19. The van der Waals surface area contributed by atoms with Crippen molar-refractivity contribution in [3.05, 3.63) is 30.2 Å². The van der Waals surface area contributed by atoms with E-state index in [0.29, 0.717) is 23.8 Å². The summed E-state index contributed by atoms with van der Waals surface area (Å²) in [6, 6.07) is 7.28. The van der Waals surface area contributed by atoms with Crippen LogP contribution in [0.25, 0.3) is 11.4 Å². The largest absolute Gasteiger partial charge is 0.339 e. The first-order valence-electron chi connectivity index (χ1n) is 6.93. The first kappa shape index (κ1) is 18.1.